The zero-order valence-electron chi connectivity index (χ0n) is 13.9. The molecule has 1 unspecified atom stereocenters. The van der Waals surface area contributed by atoms with Crippen LogP contribution in [-0.4, -0.2) is 30.1 Å². The Balaban J connectivity index is 2.29. The van der Waals surface area contributed by atoms with Crippen LogP contribution in [0.3, 0.4) is 0 Å². The molecule has 0 saturated carbocycles. The van der Waals surface area contributed by atoms with Crippen LogP contribution in [0.25, 0.3) is 0 Å². The second-order valence-corrected chi connectivity index (χ2v) is 6.74. The van der Waals surface area contributed by atoms with Gasteiger partial charge in [-0.05, 0) is 76.9 Å². The van der Waals surface area contributed by atoms with E-state index >= 15 is 0 Å². The average molecular weight is 292 g/mol. The molecule has 2 nitrogen and oxygen atoms in total. The maximum atomic E-state index is 14.0. The van der Waals surface area contributed by atoms with Crippen molar-refractivity contribution in [2.24, 2.45) is 0 Å². The van der Waals surface area contributed by atoms with Crippen LogP contribution in [0.5, 0.6) is 0 Å². The number of halogens is 1. The molecule has 0 bridgehead atoms. The van der Waals surface area contributed by atoms with Gasteiger partial charge in [0.2, 0.25) is 0 Å². The Morgan fingerprint density at radius 2 is 1.95 bits per heavy atom. The summed E-state index contributed by atoms with van der Waals surface area (Å²) in [5, 5.41) is 3.64. The summed E-state index contributed by atoms with van der Waals surface area (Å²) >= 11 is 0. The lowest BCUT2D eigenvalue weighted by Gasteiger charge is -2.43. The van der Waals surface area contributed by atoms with Gasteiger partial charge < -0.3 is 5.32 Å². The minimum atomic E-state index is -0.104. The zero-order valence-corrected chi connectivity index (χ0v) is 13.9. The Morgan fingerprint density at radius 3 is 2.52 bits per heavy atom. The van der Waals surface area contributed by atoms with E-state index in [1.54, 1.807) is 6.07 Å². The average Bonchev–Trinajstić information content (AvgIpc) is 2.97. The van der Waals surface area contributed by atoms with E-state index in [0.717, 1.165) is 31.6 Å². The Labute approximate surface area is 128 Å². The summed E-state index contributed by atoms with van der Waals surface area (Å²) in [6.45, 7) is 11.8. The third kappa shape index (κ3) is 3.64. The summed E-state index contributed by atoms with van der Waals surface area (Å²) in [5.41, 5.74) is 1.77. The minimum absolute atomic E-state index is 0.00658. The smallest absolute Gasteiger partial charge is 0.126 e. The van der Waals surface area contributed by atoms with E-state index in [9.17, 15) is 4.39 Å². The van der Waals surface area contributed by atoms with Gasteiger partial charge in [0.25, 0.3) is 0 Å². The molecule has 0 radical (unpaired) electrons. The molecule has 0 aromatic heterocycles. The Hall–Kier alpha value is -0.930. The number of nitrogens with one attached hydrogen (secondary N) is 1. The summed E-state index contributed by atoms with van der Waals surface area (Å²) in [6.07, 6.45) is 3.62. The molecule has 1 N–H and O–H groups in total. The van der Waals surface area contributed by atoms with E-state index in [2.05, 4.69) is 37.1 Å². The van der Waals surface area contributed by atoms with Crippen molar-refractivity contribution in [1.82, 2.24) is 10.2 Å². The zero-order chi connectivity index (χ0) is 15.5. The van der Waals surface area contributed by atoms with Gasteiger partial charge >= 0.3 is 0 Å². The highest BCUT2D eigenvalue weighted by molar-refractivity contribution is 5.28. The van der Waals surface area contributed by atoms with Gasteiger partial charge in [0, 0.05) is 5.54 Å². The highest BCUT2D eigenvalue weighted by atomic mass is 19.1. The van der Waals surface area contributed by atoms with Crippen molar-refractivity contribution < 1.29 is 4.39 Å². The van der Waals surface area contributed by atoms with Crippen LogP contribution in [0.2, 0.25) is 0 Å². The standard InChI is InChI=1S/C18H29FN2/c1-5-10-20-17(15-9-8-14(2)16(19)13-15)18(3,4)21-11-6-7-12-21/h8-9,13,17,20H,5-7,10-12H2,1-4H3. The molecule has 1 saturated heterocycles. The van der Waals surface area contributed by atoms with Gasteiger partial charge in [0.15, 0.2) is 0 Å². The normalized spacial score (nSPS) is 18.1. The fourth-order valence-electron chi connectivity index (χ4n) is 3.33. The van der Waals surface area contributed by atoms with E-state index in [1.807, 2.05) is 13.0 Å². The van der Waals surface area contributed by atoms with Crippen molar-refractivity contribution in [1.29, 1.82) is 0 Å². The van der Waals surface area contributed by atoms with Gasteiger partial charge in [0.05, 0.1) is 6.04 Å². The van der Waals surface area contributed by atoms with Crippen molar-refractivity contribution in [2.75, 3.05) is 19.6 Å². The van der Waals surface area contributed by atoms with E-state index in [4.69, 9.17) is 0 Å². The van der Waals surface area contributed by atoms with E-state index in [-0.39, 0.29) is 17.4 Å². The molecule has 1 aliphatic heterocycles. The molecule has 2 rings (SSSR count). The topological polar surface area (TPSA) is 15.3 Å². The number of hydrogen-bond donors (Lipinski definition) is 1. The van der Waals surface area contributed by atoms with Crippen molar-refractivity contribution in [3.05, 3.63) is 35.1 Å². The van der Waals surface area contributed by atoms with Crippen LogP contribution in [0.15, 0.2) is 18.2 Å². The first-order chi connectivity index (χ1) is 9.96. The molecular formula is C18H29FN2. The molecule has 3 heteroatoms. The van der Waals surface area contributed by atoms with Crippen molar-refractivity contribution >= 4 is 0 Å². The van der Waals surface area contributed by atoms with Gasteiger partial charge in [0.1, 0.15) is 5.82 Å². The van der Waals surface area contributed by atoms with E-state index in [0.29, 0.717) is 5.56 Å². The Kier molecular flexibility index (Phi) is 5.39. The third-order valence-electron chi connectivity index (χ3n) is 4.76. The molecule has 1 aliphatic rings. The Morgan fingerprint density at radius 1 is 1.29 bits per heavy atom. The predicted octanol–water partition coefficient (Wildman–Crippen LogP) is 4.05. The molecule has 0 aliphatic carbocycles. The summed E-state index contributed by atoms with van der Waals surface area (Å²) in [5.74, 6) is -0.104. The van der Waals surface area contributed by atoms with E-state index in [1.165, 1.54) is 12.8 Å². The number of rotatable bonds is 6. The fraction of sp³-hybridized carbons (Fsp3) is 0.667. The maximum Gasteiger partial charge on any atom is 0.126 e. The molecule has 0 spiro atoms. The lowest BCUT2D eigenvalue weighted by atomic mass is 9.86. The van der Waals surface area contributed by atoms with Crippen LogP contribution < -0.4 is 5.32 Å². The lowest BCUT2D eigenvalue weighted by Crippen LogP contribution is -2.51. The van der Waals surface area contributed by atoms with E-state index < -0.39 is 0 Å². The number of benzene rings is 1. The van der Waals surface area contributed by atoms with Gasteiger partial charge in [-0.3, -0.25) is 4.90 Å². The molecule has 1 fully saturated rings. The Bertz CT molecular complexity index is 464. The fourth-order valence-corrected chi connectivity index (χ4v) is 3.33. The molecule has 21 heavy (non-hydrogen) atoms. The third-order valence-corrected chi connectivity index (χ3v) is 4.76. The highest BCUT2D eigenvalue weighted by Gasteiger charge is 2.37. The van der Waals surface area contributed by atoms with Crippen molar-refractivity contribution in [3.63, 3.8) is 0 Å². The molecular weight excluding hydrogens is 263 g/mol. The summed E-state index contributed by atoms with van der Waals surface area (Å²) in [4.78, 5) is 2.54. The molecule has 118 valence electrons. The maximum absolute atomic E-state index is 14.0. The first kappa shape index (κ1) is 16.4. The van der Waals surface area contributed by atoms with Gasteiger partial charge in [-0.2, -0.15) is 0 Å². The predicted molar refractivity (Wildman–Crippen MR) is 87.1 cm³/mol. The number of nitrogens with zero attached hydrogens (tertiary/aromatic N) is 1. The largest absolute Gasteiger partial charge is 0.308 e. The molecule has 1 aromatic carbocycles. The van der Waals surface area contributed by atoms with Gasteiger partial charge in [-0.15, -0.1) is 0 Å². The van der Waals surface area contributed by atoms with Gasteiger partial charge in [-0.25, -0.2) is 4.39 Å². The van der Waals surface area contributed by atoms with Crippen LogP contribution in [0, 0.1) is 12.7 Å². The summed E-state index contributed by atoms with van der Waals surface area (Å²) in [6, 6.07) is 5.83. The molecule has 0 amide bonds. The van der Waals surface area contributed by atoms with Crippen LogP contribution >= 0.6 is 0 Å². The number of likely N-dealkylation sites (tertiary alicyclic amines) is 1. The van der Waals surface area contributed by atoms with Crippen molar-refractivity contribution in [3.8, 4) is 0 Å². The number of aryl methyl sites for hydroxylation is 1. The second kappa shape index (κ2) is 6.89. The van der Waals surface area contributed by atoms with Gasteiger partial charge in [-0.1, -0.05) is 19.1 Å². The van der Waals surface area contributed by atoms with Crippen LogP contribution in [0.4, 0.5) is 4.39 Å². The first-order valence-electron chi connectivity index (χ1n) is 8.21. The van der Waals surface area contributed by atoms with Crippen LogP contribution in [0.1, 0.15) is 57.2 Å². The molecule has 1 aromatic rings. The van der Waals surface area contributed by atoms with Crippen molar-refractivity contribution in [2.45, 2.75) is 58.5 Å². The lowest BCUT2D eigenvalue weighted by molar-refractivity contribution is 0.106. The first-order valence-corrected chi connectivity index (χ1v) is 8.21. The van der Waals surface area contributed by atoms with Crippen LogP contribution in [-0.2, 0) is 0 Å². The minimum Gasteiger partial charge on any atom is -0.308 e. The monoisotopic (exact) mass is 292 g/mol. The number of hydrogen-bond acceptors (Lipinski definition) is 2. The summed E-state index contributed by atoms with van der Waals surface area (Å²) in [7, 11) is 0. The SMILES string of the molecule is CCCNC(c1ccc(C)c(F)c1)C(C)(C)N1CCCC1. The molecule has 1 atom stereocenters. The summed E-state index contributed by atoms with van der Waals surface area (Å²) < 4.78 is 14.0. The second-order valence-electron chi connectivity index (χ2n) is 6.74. The quantitative estimate of drug-likeness (QED) is 0.851. The highest BCUT2D eigenvalue weighted by Crippen LogP contribution is 2.34. The molecule has 1 heterocycles.